The Kier molecular flexibility index (Phi) is 4.69. The lowest BCUT2D eigenvalue weighted by Crippen LogP contribution is -1.98. The molecular formula is C14H14BrNOS. The lowest BCUT2D eigenvalue weighted by atomic mass is 10.2. The quantitative estimate of drug-likeness (QED) is 0.921. The van der Waals surface area contributed by atoms with Gasteiger partial charge in [0.15, 0.2) is 0 Å². The summed E-state index contributed by atoms with van der Waals surface area (Å²) in [5.74, 6) is 0.867. The Morgan fingerprint density at radius 2 is 2.06 bits per heavy atom. The maximum absolute atomic E-state index is 5.77. The van der Waals surface area contributed by atoms with Crippen LogP contribution in [0.15, 0.2) is 56.7 Å². The third kappa shape index (κ3) is 3.28. The van der Waals surface area contributed by atoms with E-state index in [1.165, 1.54) is 4.90 Å². The molecule has 0 unspecified atom stereocenters. The molecule has 0 amide bonds. The predicted molar refractivity (Wildman–Crippen MR) is 79.2 cm³/mol. The molecule has 2 N–H and O–H groups in total. The van der Waals surface area contributed by atoms with Gasteiger partial charge >= 0.3 is 0 Å². The molecule has 0 bridgehead atoms. The maximum atomic E-state index is 5.77. The van der Waals surface area contributed by atoms with Gasteiger partial charge in [0.25, 0.3) is 0 Å². The van der Waals surface area contributed by atoms with Crippen LogP contribution in [0.25, 0.3) is 0 Å². The summed E-state index contributed by atoms with van der Waals surface area (Å²) in [7, 11) is 1.68. The lowest BCUT2D eigenvalue weighted by molar-refractivity contribution is 0.413. The van der Waals surface area contributed by atoms with Crippen molar-refractivity contribution in [1.82, 2.24) is 0 Å². The van der Waals surface area contributed by atoms with Gasteiger partial charge in [-0.15, -0.1) is 0 Å². The number of benzene rings is 2. The standard InChI is InChI=1S/C14H14BrNOS/c1-17-12-3-2-4-13(8-12)18-14-6-5-11(15)7-10(14)9-16/h2-8H,9,16H2,1H3. The fourth-order valence-corrected chi connectivity index (χ4v) is 2.99. The molecule has 18 heavy (non-hydrogen) atoms. The molecular weight excluding hydrogens is 310 g/mol. The molecule has 0 aliphatic heterocycles. The van der Waals surface area contributed by atoms with Crippen molar-refractivity contribution in [2.24, 2.45) is 5.73 Å². The molecule has 0 aliphatic carbocycles. The maximum Gasteiger partial charge on any atom is 0.119 e. The van der Waals surface area contributed by atoms with Crippen LogP contribution in [-0.2, 0) is 6.54 Å². The molecule has 2 aromatic carbocycles. The number of hydrogen-bond donors (Lipinski definition) is 1. The fourth-order valence-electron chi connectivity index (χ4n) is 1.60. The second kappa shape index (κ2) is 6.27. The van der Waals surface area contributed by atoms with E-state index < -0.39 is 0 Å². The molecule has 0 spiro atoms. The van der Waals surface area contributed by atoms with Crippen LogP contribution in [0.4, 0.5) is 0 Å². The Bertz CT molecular complexity index is 545. The van der Waals surface area contributed by atoms with E-state index in [0.717, 1.165) is 20.7 Å². The molecule has 94 valence electrons. The van der Waals surface area contributed by atoms with Gasteiger partial charge in [0.2, 0.25) is 0 Å². The predicted octanol–water partition coefficient (Wildman–Crippen LogP) is 4.07. The third-order valence-corrected chi connectivity index (χ3v) is 4.11. The van der Waals surface area contributed by atoms with Crippen molar-refractivity contribution < 1.29 is 4.74 Å². The molecule has 0 aliphatic rings. The molecule has 0 saturated carbocycles. The van der Waals surface area contributed by atoms with Gasteiger partial charge in [0, 0.05) is 20.8 Å². The van der Waals surface area contributed by atoms with E-state index in [9.17, 15) is 0 Å². The zero-order chi connectivity index (χ0) is 13.0. The van der Waals surface area contributed by atoms with Crippen molar-refractivity contribution in [3.05, 3.63) is 52.5 Å². The third-order valence-electron chi connectivity index (χ3n) is 2.51. The van der Waals surface area contributed by atoms with Gasteiger partial charge in [-0.25, -0.2) is 0 Å². The van der Waals surface area contributed by atoms with E-state index in [4.69, 9.17) is 10.5 Å². The van der Waals surface area contributed by atoms with Crippen molar-refractivity contribution in [3.63, 3.8) is 0 Å². The van der Waals surface area contributed by atoms with Gasteiger partial charge in [-0.1, -0.05) is 33.8 Å². The summed E-state index contributed by atoms with van der Waals surface area (Å²) in [5.41, 5.74) is 6.91. The van der Waals surface area contributed by atoms with Gasteiger partial charge in [0.1, 0.15) is 5.75 Å². The second-order valence-electron chi connectivity index (χ2n) is 3.74. The number of nitrogens with two attached hydrogens (primary N) is 1. The molecule has 2 rings (SSSR count). The Labute approximate surface area is 120 Å². The van der Waals surface area contributed by atoms with Gasteiger partial charge in [0.05, 0.1) is 7.11 Å². The molecule has 2 nitrogen and oxygen atoms in total. The van der Waals surface area contributed by atoms with Gasteiger partial charge in [-0.3, -0.25) is 0 Å². The highest BCUT2D eigenvalue weighted by Gasteiger charge is 2.05. The molecule has 0 saturated heterocycles. The van der Waals surface area contributed by atoms with E-state index in [0.29, 0.717) is 6.54 Å². The van der Waals surface area contributed by atoms with Crippen LogP contribution in [0.1, 0.15) is 5.56 Å². The normalized spacial score (nSPS) is 10.4. The van der Waals surface area contributed by atoms with Crippen LogP contribution in [0.5, 0.6) is 5.75 Å². The molecule has 0 aromatic heterocycles. The summed E-state index contributed by atoms with van der Waals surface area (Å²) < 4.78 is 6.28. The number of halogens is 1. The highest BCUT2D eigenvalue weighted by Crippen LogP contribution is 2.33. The molecule has 0 heterocycles. The monoisotopic (exact) mass is 323 g/mol. The second-order valence-corrected chi connectivity index (χ2v) is 5.77. The summed E-state index contributed by atoms with van der Waals surface area (Å²) in [6.07, 6.45) is 0. The molecule has 0 fully saturated rings. The summed E-state index contributed by atoms with van der Waals surface area (Å²) in [6, 6.07) is 14.2. The van der Waals surface area contributed by atoms with Crippen LogP contribution in [-0.4, -0.2) is 7.11 Å². The summed E-state index contributed by atoms with van der Waals surface area (Å²) in [4.78, 5) is 2.32. The van der Waals surface area contributed by atoms with Crippen molar-refractivity contribution in [1.29, 1.82) is 0 Å². The number of hydrogen-bond acceptors (Lipinski definition) is 3. The SMILES string of the molecule is COc1cccc(Sc2ccc(Br)cc2CN)c1. The molecule has 0 radical (unpaired) electrons. The van der Waals surface area contributed by atoms with Crippen molar-refractivity contribution in [2.75, 3.05) is 7.11 Å². The minimum atomic E-state index is 0.533. The van der Waals surface area contributed by atoms with Gasteiger partial charge < -0.3 is 10.5 Å². The van der Waals surface area contributed by atoms with E-state index in [1.54, 1.807) is 18.9 Å². The number of methoxy groups -OCH3 is 1. The summed E-state index contributed by atoms with van der Waals surface area (Å²) >= 11 is 5.16. The average Bonchev–Trinajstić information content (AvgIpc) is 2.41. The van der Waals surface area contributed by atoms with Crippen LogP contribution < -0.4 is 10.5 Å². The Balaban J connectivity index is 2.27. The van der Waals surface area contributed by atoms with Crippen LogP contribution >= 0.6 is 27.7 Å². The fraction of sp³-hybridized carbons (Fsp3) is 0.143. The first-order valence-electron chi connectivity index (χ1n) is 5.53. The highest BCUT2D eigenvalue weighted by atomic mass is 79.9. The van der Waals surface area contributed by atoms with Crippen molar-refractivity contribution in [3.8, 4) is 5.75 Å². The topological polar surface area (TPSA) is 35.2 Å². The Morgan fingerprint density at radius 3 is 2.78 bits per heavy atom. The zero-order valence-electron chi connectivity index (χ0n) is 10.0. The highest BCUT2D eigenvalue weighted by molar-refractivity contribution is 9.10. The van der Waals surface area contributed by atoms with Crippen LogP contribution in [0.2, 0.25) is 0 Å². The molecule has 2 aromatic rings. The van der Waals surface area contributed by atoms with E-state index in [-0.39, 0.29) is 0 Å². The summed E-state index contributed by atoms with van der Waals surface area (Å²) in [6.45, 7) is 0.533. The van der Waals surface area contributed by atoms with E-state index >= 15 is 0 Å². The zero-order valence-corrected chi connectivity index (χ0v) is 12.4. The number of ether oxygens (including phenoxy) is 1. The molecule has 4 heteroatoms. The first-order valence-corrected chi connectivity index (χ1v) is 7.14. The largest absolute Gasteiger partial charge is 0.497 e. The van der Waals surface area contributed by atoms with Crippen molar-refractivity contribution >= 4 is 27.7 Å². The average molecular weight is 324 g/mol. The van der Waals surface area contributed by atoms with Crippen molar-refractivity contribution in [2.45, 2.75) is 16.3 Å². The lowest BCUT2D eigenvalue weighted by Gasteiger charge is -2.09. The number of rotatable bonds is 4. The minimum Gasteiger partial charge on any atom is -0.497 e. The Hall–Kier alpha value is -0.970. The molecule has 0 atom stereocenters. The first kappa shape index (κ1) is 13.5. The van der Waals surface area contributed by atoms with E-state index in [2.05, 4.69) is 34.1 Å². The van der Waals surface area contributed by atoms with Gasteiger partial charge in [-0.2, -0.15) is 0 Å². The first-order chi connectivity index (χ1) is 8.72. The van der Waals surface area contributed by atoms with Gasteiger partial charge in [-0.05, 0) is 42.0 Å². The summed E-state index contributed by atoms with van der Waals surface area (Å²) in [5, 5.41) is 0. The smallest absolute Gasteiger partial charge is 0.119 e. The minimum absolute atomic E-state index is 0.533. The Morgan fingerprint density at radius 1 is 1.22 bits per heavy atom. The van der Waals surface area contributed by atoms with Crippen LogP contribution in [0.3, 0.4) is 0 Å². The van der Waals surface area contributed by atoms with Crippen LogP contribution in [0, 0.1) is 0 Å². The van der Waals surface area contributed by atoms with E-state index in [1.807, 2.05) is 24.3 Å².